The molecule has 12 heteroatoms. The Kier molecular flexibility index (Phi) is 10.9. The Balaban J connectivity index is 4.31. The van der Waals surface area contributed by atoms with E-state index >= 15 is 0 Å². The van der Waals surface area contributed by atoms with Crippen LogP contribution in [0.4, 0.5) is 13.2 Å². The van der Waals surface area contributed by atoms with Gasteiger partial charge in [-0.15, -0.1) is 0 Å². The van der Waals surface area contributed by atoms with Gasteiger partial charge in [0.05, 0.1) is 52.8 Å². The maximum Gasteiger partial charge on any atom is 0.516 e. The van der Waals surface area contributed by atoms with Crippen LogP contribution in [-0.2, 0) is 29.0 Å². The number of rotatable bonds is 13. The molecule has 0 unspecified atom stereocenters. The second-order valence-corrected chi connectivity index (χ2v) is 6.52. The van der Waals surface area contributed by atoms with E-state index in [9.17, 15) is 26.4 Å². The molecule has 25 heavy (non-hydrogen) atoms. The van der Waals surface area contributed by atoms with Gasteiger partial charge >= 0.3 is 15.5 Å². The first kappa shape index (κ1) is 23.8. The number of aliphatic hydroxyl groups is 1. The summed E-state index contributed by atoms with van der Waals surface area (Å²) in [5.74, 6) is -1.35. The standard InChI is InChI=1S/C13H22F3NO7S/c1-11(2)12(19)17(25(20,21)13(14,15)16)3-5-22-7-9-24-10-8-23-6-4-18/h18H,1,3-10H2,2H3. The molecule has 0 aromatic carbocycles. The van der Waals surface area contributed by atoms with Crippen LogP contribution in [0.1, 0.15) is 6.92 Å². The molecular weight excluding hydrogens is 371 g/mol. The molecule has 0 radical (unpaired) electrons. The van der Waals surface area contributed by atoms with Gasteiger partial charge in [-0.25, -0.2) is 4.31 Å². The van der Waals surface area contributed by atoms with Crippen molar-refractivity contribution in [2.24, 2.45) is 0 Å². The minimum atomic E-state index is -5.82. The molecule has 0 atom stereocenters. The zero-order chi connectivity index (χ0) is 19.5. The van der Waals surface area contributed by atoms with Crippen molar-refractivity contribution >= 4 is 15.9 Å². The SMILES string of the molecule is C=C(C)C(=O)N(CCOCCOCCOCCO)S(=O)(=O)C(F)(F)F. The lowest BCUT2D eigenvalue weighted by Gasteiger charge is -2.23. The van der Waals surface area contributed by atoms with Crippen molar-refractivity contribution in [2.45, 2.75) is 12.4 Å². The molecule has 0 aliphatic carbocycles. The molecule has 0 aliphatic heterocycles. The fourth-order valence-electron chi connectivity index (χ4n) is 1.42. The Bertz CT molecular complexity index is 522. The van der Waals surface area contributed by atoms with Gasteiger partial charge < -0.3 is 19.3 Å². The zero-order valence-corrected chi connectivity index (χ0v) is 14.6. The lowest BCUT2D eigenvalue weighted by Crippen LogP contribution is -2.46. The molecule has 0 aromatic heterocycles. The van der Waals surface area contributed by atoms with E-state index in [0.29, 0.717) is 0 Å². The van der Waals surface area contributed by atoms with E-state index in [0.717, 1.165) is 6.92 Å². The lowest BCUT2D eigenvalue weighted by molar-refractivity contribution is -0.124. The molecule has 0 fully saturated rings. The van der Waals surface area contributed by atoms with Crippen molar-refractivity contribution in [3.8, 4) is 0 Å². The molecule has 0 spiro atoms. The van der Waals surface area contributed by atoms with Crippen molar-refractivity contribution in [3.05, 3.63) is 12.2 Å². The van der Waals surface area contributed by atoms with Crippen molar-refractivity contribution in [1.29, 1.82) is 0 Å². The Morgan fingerprint density at radius 1 is 1.04 bits per heavy atom. The summed E-state index contributed by atoms with van der Waals surface area (Å²) in [5.41, 5.74) is -5.95. The number of hydrogen-bond acceptors (Lipinski definition) is 7. The topological polar surface area (TPSA) is 102 Å². The molecule has 0 aromatic rings. The van der Waals surface area contributed by atoms with Crippen LogP contribution in [0.15, 0.2) is 12.2 Å². The number of carbonyl (C=O) groups is 1. The van der Waals surface area contributed by atoms with E-state index in [1.165, 1.54) is 0 Å². The molecule has 1 amide bonds. The molecule has 148 valence electrons. The first-order chi connectivity index (χ1) is 11.6. The molecule has 0 rings (SSSR count). The van der Waals surface area contributed by atoms with Gasteiger partial charge in [0.1, 0.15) is 0 Å². The first-order valence-electron chi connectivity index (χ1n) is 7.18. The molecule has 0 aliphatic rings. The van der Waals surface area contributed by atoms with Crippen molar-refractivity contribution in [1.82, 2.24) is 4.31 Å². The number of alkyl halides is 3. The average Bonchev–Trinajstić information content (AvgIpc) is 2.50. The van der Waals surface area contributed by atoms with Gasteiger partial charge in [-0.3, -0.25) is 4.79 Å². The maximum absolute atomic E-state index is 12.6. The fraction of sp³-hybridized carbons (Fsp3) is 0.769. The van der Waals surface area contributed by atoms with Crippen LogP contribution in [0.5, 0.6) is 0 Å². The maximum atomic E-state index is 12.6. The smallest absolute Gasteiger partial charge is 0.394 e. The average molecular weight is 393 g/mol. The van der Waals surface area contributed by atoms with Crippen molar-refractivity contribution < 1.29 is 45.7 Å². The van der Waals surface area contributed by atoms with Crippen LogP contribution in [0.25, 0.3) is 0 Å². The molecule has 0 heterocycles. The van der Waals surface area contributed by atoms with Gasteiger partial charge in [0.2, 0.25) is 0 Å². The Labute approximate surface area is 144 Å². The van der Waals surface area contributed by atoms with Gasteiger partial charge in [0.15, 0.2) is 0 Å². The predicted molar refractivity (Wildman–Crippen MR) is 81.0 cm³/mol. The summed E-state index contributed by atoms with van der Waals surface area (Å²) in [6, 6.07) is 0. The van der Waals surface area contributed by atoms with E-state index in [1.807, 2.05) is 0 Å². The third kappa shape index (κ3) is 8.63. The number of ether oxygens (including phenoxy) is 3. The van der Waals surface area contributed by atoms with Gasteiger partial charge in [-0.05, 0) is 6.92 Å². The zero-order valence-electron chi connectivity index (χ0n) is 13.8. The van der Waals surface area contributed by atoms with E-state index < -0.39 is 34.6 Å². The second-order valence-electron chi connectivity index (χ2n) is 4.67. The fourth-order valence-corrected chi connectivity index (χ4v) is 2.36. The van der Waals surface area contributed by atoms with Gasteiger partial charge in [-0.1, -0.05) is 6.58 Å². The second kappa shape index (κ2) is 11.4. The highest BCUT2D eigenvalue weighted by Gasteiger charge is 2.51. The molecule has 8 nitrogen and oxygen atoms in total. The van der Waals surface area contributed by atoms with E-state index in [-0.39, 0.29) is 49.5 Å². The first-order valence-corrected chi connectivity index (χ1v) is 8.62. The van der Waals surface area contributed by atoms with Crippen molar-refractivity contribution in [3.63, 3.8) is 0 Å². The van der Waals surface area contributed by atoms with Crippen LogP contribution in [0, 0.1) is 0 Å². The largest absolute Gasteiger partial charge is 0.516 e. The van der Waals surface area contributed by atoms with Crippen LogP contribution >= 0.6 is 0 Å². The monoisotopic (exact) mass is 393 g/mol. The number of carbonyl (C=O) groups excluding carboxylic acids is 1. The molecule has 0 saturated carbocycles. The Hall–Kier alpha value is -1.21. The highest BCUT2D eigenvalue weighted by Crippen LogP contribution is 2.27. The number of hydrogen-bond donors (Lipinski definition) is 1. The van der Waals surface area contributed by atoms with Crippen LogP contribution < -0.4 is 0 Å². The third-order valence-electron chi connectivity index (χ3n) is 2.59. The molecule has 1 N–H and O–H groups in total. The summed E-state index contributed by atoms with van der Waals surface area (Å²) in [4.78, 5) is 11.7. The van der Waals surface area contributed by atoms with Crippen LogP contribution in [0.2, 0.25) is 0 Å². The number of nitrogens with zero attached hydrogens (tertiary/aromatic N) is 1. The van der Waals surface area contributed by atoms with Gasteiger partial charge in [0, 0.05) is 5.57 Å². The summed E-state index contributed by atoms with van der Waals surface area (Å²) >= 11 is 0. The number of amides is 1. The van der Waals surface area contributed by atoms with Crippen LogP contribution in [-0.4, -0.2) is 82.0 Å². The molecular formula is C13H22F3NO7S. The number of aliphatic hydroxyl groups excluding tert-OH is 1. The lowest BCUT2D eigenvalue weighted by atomic mass is 10.3. The summed E-state index contributed by atoms with van der Waals surface area (Å²) in [7, 11) is -5.82. The van der Waals surface area contributed by atoms with Crippen molar-refractivity contribution in [2.75, 3.05) is 52.8 Å². The molecule has 0 saturated heterocycles. The summed E-state index contributed by atoms with van der Waals surface area (Å²) in [6.45, 7) is 3.68. The van der Waals surface area contributed by atoms with E-state index in [1.54, 1.807) is 0 Å². The number of halogens is 3. The van der Waals surface area contributed by atoms with Crippen LogP contribution in [0.3, 0.4) is 0 Å². The number of sulfonamides is 1. The Morgan fingerprint density at radius 3 is 1.88 bits per heavy atom. The highest BCUT2D eigenvalue weighted by atomic mass is 32.2. The summed E-state index contributed by atoms with van der Waals surface area (Å²) in [5, 5.41) is 8.46. The minimum Gasteiger partial charge on any atom is -0.394 e. The Morgan fingerprint density at radius 2 is 1.48 bits per heavy atom. The summed E-state index contributed by atoms with van der Waals surface area (Å²) < 4.78 is 75.3. The van der Waals surface area contributed by atoms with Gasteiger partial charge in [-0.2, -0.15) is 21.6 Å². The minimum absolute atomic E-state index is 0.0127. The molecule has 0 bridgehead atoms. The van der Waals surface area contributed by atoms with E-state index in [2.05, 4.69) is 6.58 Å². The quantitative estimate of drug-likeness (QED) is 0.354. The van der Waals surface area contributed by atoms with Gasteiger partial charge in [0.25, 0.3) is 5.91 Å². The normalized spacial score (nSPS) is 12.2. The predicted octanol–water partition coefficient (Wildman–Crippen LogP) is 0.283. The van der Waals surface area contributed by atoms with E-state index in [4.69, 9.17) is 19.3 Å². The summed E-state index contributed by atoms with van der Waals surface area (Å²) in [6.07, 6.45) is 0. The third-order valence-corrected chi connectivity index (χ3v) is 4.11. The highest BCUT2D eigenvalue weighted by molar-refractivity contribution is 7.90.